The van der Waals surface area contributed by atoms with Gasteiger partial charge in [0.1, 0.15) is 5.78 Å². The van der Waals surface area contributed by atoms with Crippen LogP contribution in [-0.2, 0) is 9.53 Å². The first kappa shape index (κ1) is 9.53. The lowest BCUT2D eigenvalue weighted by Crippen LogP contribution is -2.31. The Morgan fingerprint density at radius 1 is 1.31 bits per heavy atom. The van der Waals surface area contributed by atoms with Gasteiger partial charge < -0.3 is 4.74 Å². The average molecular weight is 200 g/mol. The van der Waals surface area contributed by atoms with Gasteiger partial charge in [0.05, 0.1) is 24.2 Å². The van der Waals surface area contributed by atoms with Crippen LogP contribution >= 0.6 is 11.8 Å². The second-order valence-corrected chi connectivity index (χ2v) is 5.21. The Hall–Kier alpha value is -0.0200. The van der Waals surface area contributed by atoms with E-state index in [0.717, 1.165) is 31.8 Å². The SMILES string of the molecule is O=C(CSC1COC1)C1CCCC1. The predicted octanol–water partition coefficient (Wildman–Crippen LogP) is 1.88. The van der Waals surface area contributed by atoms with E-state index in [0.29, 0.717) is 17.0 Å². The highest BCUT2D eigenvalue weighted by molar-refractivity contribution is 8.00. The molecule has 1 saturated carbocycles. The molecule has 0 N–H and O–H groups in total. The molecule has 1 heterocycles. The first-order valence-electron chi connectivity index (χ1n) is 5.08. The summed E-state index contributed by atoms with van der Waals surface area (Å²) in [4.78, 5) is 11.6. The van der Waals surface area contributed by atoms with Crippen LogP contribution in [0.5, 0.6) is 0 Å². The van der Waals surface area contributed by atoms with Crippen molar-refractivity contribution in [1.29, 1.82) is 0 Å². The van der Waals surface area contributed by atoms with E-state index >= 15 is 0 Å². The van der Waals surface area contributed by atoms with Gasteiger partial charge in [0.2, 0.25) is 0 Å². The predicted molar refractivity (Wildman–Crippen MR) is 54.0 cm³/mol. The molecule has 3 heteroatoms. The van der Waals surface area contributed by atoms with Crippen molar-refractivity contribution in [3.63, 3.8) is 0 Å². The van der Waals surface area contributed by atoms with Crippen molar-refractivity contribution in [1.82, 2.24) is 0 Å². The molecule has 2 rings (SSSR count). The Morgan fingerprint density at radius 3 is 2.54 bits per heavy atom. The van der Waals surface area contributed by atoms with Crippen LogP contribution in [0, 0.1) is 5.92 Å². The number of hydrogen-bond acceptors (Lipinski definition) is 3. The van der Waals surface area contributed by atoms with Crippen molar-refractivity contribution in [2.75, 3.05) is 19.0 Å². The Labute approximate surface area is 83.4 Å². The van der Waals surface area contributed by atoms with Crippen molar-refractivity contribution >= 4 is 17.5 Å². The molecule has 0 aromatic rings. The summed E-state index contributed by atoms with van der Waals surface area (Å²) in [6.07, 6.45) is 4.79. The molecule has 2 aliphatic rings. The van der Waals surface area contributed by atoms with E-state index in [1.807, 2.05) is 0 Å². The molecular weight excluding hydrogens is 184 g/mol. The normalized spacial score (nSPS) is 24.6. The van der Waals surface area contributed by atoms with Crippen LogP contribution in [0.3, 0.4) is 0 Å². The Balaban J connectivity index is 1.65. The van der Waals surface area contributed by atoms with Crippen LogP contribution in [0.4, 0.5) is 0 Å². The molecule has 1 aliphatic carbocycles. The lowest BCUT2D eigenvalue weighted by molar-refractivity contribution is -0.120. The highest BCUT2D eigenvalue weighted by atomic mass is 32.2. The second kappa shape index (κ2) is 4.47. The Bertz CT molecular complexity index is 183. The number of Topliss-reactive ketones (excluding diaryl/α,β-unsaturated/α-hetero) is 1. The molecular formula is C10H16O2S. The van der Waals surface area contributed by atoms with E-state index in [9.17, 15) is 4.79 Å². The molecule has 0 amide bonds. The van der Waals surface area contributed by atoms with Crippen LogP contribution < -0.4 is 0 Å². The summed E-state index contributed by atoms with van der Waals surface area (Å²) in [6.45, 7) is 1.70. The average Bonchev–Trinajstić information content (AvgIpc) is 2.52. The summed E-state index contributed by atoms with van der Waals surface area (Å²) < 4.78 is 5.06. The van der Waals surface area contributed by atoms with Crippen LogP contribution in [0.25, 0.3) is 0 Å². The van der Waals surface area contributed by atoms with Crippen molar-refractivity contribution in [2.24, 2.45) is 5.92 Å². The standard InChI is InChI=1S/C10H16O2S/c11-10(8-3-1-2-4-8)7-13-9-5-12-6-9/h8-9H,1-7H2. The van der Waals surface area contributed by atoms with Crippen molar-refractivity contribution in [3.8, 4) is 0 Å². The zero-order chi connectivity index (χ0) is 9.10. The minimum atomic E-state index is 0.397. The Morgan fingerprint density at radius 2 is 2.00 bits per heavy atom. The number of rotatable bonds is 4. The highest BCUT2D eigenvalue weighted by Gasteiger charge is 2.25. The summed E-state index contributed by atoms with van der Waals surface area (Å²) >= 11 is 1.78. The van der Waals surface area contributed by atoms with E-state index in [1.165, 1.54) is 12.8 Å². The molecule has 0 aromatic heterocycles. The summed E-state index contributed by atoms with van der Waals surface area (Å²) in [5.41, 5.74) is 0. The lowest BCUT2D eigenvalue weighted by Gasteiger charge is -2.25. The van der Waals surface area contributed by atoms with Gasteiger partial charge in [-0.2, -0.15) is 0 Å². The third-order valence-corrected chi connectivity index (χ3v) is 4.07. The minimum absolute atomic E-state index is 0.397. The molecule has 13 heavy (non-hydrogen) atoms. The summed E-state index contributed by atoms with van der Waals surface area (Å²) in [6, 6.07) is 0. The lowest BCUT2D eigenvalue weighted by atomic mass is 10.0. The molecule has 0 bridgehead atoms. The maximum absolute atomic E-state index is 11.6. The third-order valence-electron chi connectivity index (χ3n) is 2.88. The first-order valence-corrected chi connectivity index (χ1v) is 6.13. The van der Waals surface area contributed by atoms with Crippen LogP contribution in [0.15, 0.2) is 0 Å². The monoisotopic (exact) mass is 200 g/mol. The summed E-state index contributed by atoms with van der Waals surface area (Å²) in [5.74, 6) is 1.60. The first-order chi connectivity index (χ1) is 6.36. The molecule has 0 spiro atoms. The topological polar surface area (TPSA) is 26.3 Å². The molecule has 0 aromatic carbocycles. The van der Waals surface area contributed by atoms with E-state index in [1.54, 1.807) is 11.8 Å². The van der Waals surface area contributed by atoms with Gasteiger partial charge in [0.25, 0.3) is 0 Å². The molecule has 2 fully saturated rings. The smallest absolute Gasteiger partial charge is 0.145 e. The van der Waals surface area contributed by atoms with E-state index < -0.39 is 0 Å². The van der Waals surface area contributed by atoms with Gasteiger partial charge in [-0.25, -0.2) is 0 Å². The molecule has 0 unspecified atom stereocenters. The van der Waals surface area contributed by atoms with Crippen molar-refractivity contribution in [2.45, 2.75) is 30.9 Å². The molecule has 0 radical (unpaired) electrons. The van der Waals surface area contributed by atoms with Gasteiger partial charge in [-0.05, 0) is 12.8 Å². The summed E-state index contributed by atoms with van der Waals surface area (Å²) in [7, 11) is 0. The van der Waals surface area contributed by atoms with Crippen LogP contribution in [0.2, 0.25) is 0 Å². The molecule has 1 aliphatic heterocycles. The van der Waals surface area contributed by atoms with E-state index in [4.69, 9.17) is 4.74 Å². The number of thioether (sulfide) groups is 1. The molecule has 0 atom stereocenters. The van der Waals surface area contributed by atoms with Gasteiger partial charge in [0, 0.05) is 5.92 Å². The van der Waals surface area contributed by atoms with Crippen molar-refractivity contribution in [3.05, 3.63) is 0 Å². The third kappa shape index (κ3) is 2.47. The van der Waals surface area contributed by atoms with Gasteiger partial charge in [-0.1, -0.05) is 12.8 Å². The maximum Gasteiger partial charge on any atom is 0.145 e. The number of hydrogen-bond donors (Lipinski definition) is 0. The molecule has 1 saturated heterocycles. The van der Waals surface area contributed by atoms with Gasteiger partial charge in [-0.15, -0.1) is 11.8 Å². The largest absolute Gasteiger partial charge is 0.379 e. The highest BCUT2D eigenvalue weighted by Crippen LogP contribution is 2.28. The zero-order valence-electron chi connectivity index (χ0n) is 7.83. The fourth-order valence-corrected chi connectivity index (χ4v) is 2.90. The van der Waals surface area contributed by atoms with E-state index in [-0.39, 0.29) is 0 Å². The fraction of sp³-hybridized carbons (Fsp3) is 0.900. The van der Waals surface area contributed by atoms with Crippen LogP contribution in [0.1, 0.15) is 25.7 Å². The van der Waals surface area contributed by atoms with Gasteiger partial charge >= 0.3 is 0 Å². The zero-order valence-corrected chi connectivity index (χ0v) is 8.65. The fourth-order valence-electron chi connectivity index (χ4n) is 1.88. The summed E-state index contributed by atoms with van der Waals surface area (Å²) in [5, 5.41) is 0.602. The number of carbonyl (C=O) groups is 1. The molecule has 74 valence electrons. The number of ketones is 1. The minimum Gasteiger partial charge on any atom is -0.379 e. The Kier molecular flexibility index (Phi) is 3.28. The second-order valence-electron chi connectivity index (χ2n) is 3.92. The maximum atomic E-state index is 11.6. The van der Waals surface area contributed by atoms with E-state index in [2.05, 4.69) is 0 Å². The number of ether oxygens (including phenoxy) is 1. The molecule has 2 nitrogen and oxygen atoms in total. The number of carbonyl (C=O) groups excluding carboxylic acids is 1. The van der Waals surface area contributed by atoms with Gasteiger partial charge in [-0.3, -0.25) is 4.79 Å². The van der Waals surface area contributed by atoms with Crippen LogP contribution in [-0.4, -0.2) is 30.0 Å². The van der Waals surface area contributed by atoms with Crippen molar-refractivity contribution < 1.29 is 9.53 Å². The van der Waals surface area contributed by atoms with Gasteiger partial charge in [0.15, 0.2) is 0 Å². The quantitative estimate of drug-likeness (QED) is 0.693.